The number of hydrogen-bond acceptors (Lipinski definition) is 4. The van der Waals surface area contributed by atoms with E-state index in [9.17, 15) is 8.42 Å². The first-order chi connectivity index (χ1) is 9.50. The minimum atomic E-state index is -3.11. The van der Waals surface area contributed by atoms with Gasteiger partial charge in [-0.1, -0.05) is 12.8 Å². The standard InChI is InChI=1S/C15H24N2O2S/c1-20(18,19)15-8-6-14(7-9-15)17-11-13-5-3-2-4-12(13)10-16/h6-9,12-13,17H,2-5,10-11,16H2,1H3. The molecule has 5 heteroatoms. The van der Waals surface area contributed by atoms with E-state index >= 15 is 0 Å². The molecule has 112 valence electrons. The molecular formula is C15H24N2O2S. The quantitative estimate of drug-likeness (QED) is 0.874. The fourth-order valence-electron chi connectivity index (χ4n) is 2.93. The maximum atomic E-state index is 11.4. The van der Waals surface area contributed by atoms with Crippen LogP contribution >= 0.6 is 0 Å². The molecular weight excluding hydrogens is 272 g/mol. The van der Waals surface area contributed by atoms with Gasteiger partial charge in [0.25, 0.3) is 0 Å². The molecule has 4 nitrogen and oxygen atoms in total. The number of nitrogens with two attached hydrogens (primary N) is 1. The smallest absolute Gasteiger partial charge is 0.175 e. The van der Waals surface area contributed by atoms with Gasteiger partial charge < -0.3 is 11.1 Å². The van der Waals surface area contributed by atoms with Crippen LogP contribution in [0.15, 0.2) is 29.2 Å². The Labute approximate surface area is 121 Å². The van der Waals surface area contributed by atoms with E-state index < -0.39 is 9.84 Å². The van der Waals surface area contributed by atoms with Gasteiger partial charge in [0.15, 0.2) is 9.84 Å². The number of benzene rings is 1. The summed E-state index contributed by atoms with van der Waals surface area (Å²) in [6, 6.07) is 6.96. The van der Waals surface area contributed by atoms with Gasteiger partial charge >= 0.3 is 0 Å². The molecule has 0 heterocycles. The molecule has 0 radical (unpaired) electrons. The first kappa shape index (κ1) is 15.3. The fourth-order valence-corrected chi connectivity index (χ4v) is 3.56. The van der Waals surface area contributed by atoms with Crippen molar-refractivity contribution in [2.24, 2.45) is 17.6 Å². The summed E-state index contributed by atoms with van der Waals surface area (Å²) in [5.74, 6) is 1.25. The average molecular weight is 296 g/mol. The van der Waals surface area contributed by atoms with Crippen molar-refractivity contribution >= 4 is 15.5 Å². The normalized spacial score (nSPS) is 23.5. The maximum Gasteiger partial charge on any atom is 0.175 e. The Kier molecular flexibility index (Phi) is 5.05. The van der Waals surface area contributed by atoms with Crippen LogP contribution in [-0.4, -0.2) is 27.8 Å². The van der Waals surface area contributed by atoms with Crippen molar-refractivity contribution in [2.75, 3.05) is 24.7 Å². The van der Waals surface area contributed by atoms with Gasteiger partial charge in [-0.2, -0.15) is 0 Å². The summed E-state index contributed by atoms with van der Waals surface area (Å²) < 4.78 is 22.8. The Morgan fingerprint density at radius 2 is 1.75 bits per heavy atom. The molecule has 1 aromatic carbocycles. The third kappa shape index (κ3) is 3.96. The second kappa shape index (κ2) is 6.59. The van der Waals surface area contributed by atoms with Crippen molar-refractivity contribution in [1.29, 1.82) is 0 Å². The van der Waals surface area contributed by atoms with Crippen LogP contribution in [0.2, 0.25) is 0 Å². The predicted molar refractivity (Wildman–Crippen MR) is 82.5 cm³/mol. The summed E-state index contributed by atoms with van der Waals surface area (Å²) in [5, 5.41) is 3.41. The summed E-state index contributed by atoms with van der Waals surface area (Å²) in [6.45, 7) is 1.68. The van der Waals surface area contributed by atoms with Crippen molar-refractivity contribution in [3.8, 4) is 0 Å². The number of hydrogen-bond donors (Lipinski definition) is 2. The molecule has 1 saturated carbocycles. The van der Waals surface area contributed by atoms with Crippen LogP contribution < -0.4 is 11.1 Å². The van der Waals surface area contributed by atoms with E-state index in [1.165, 1.54) is 31.9 Å². The van der Waals surface area contributed by atoms with Gasteiger partial charge in [0.05, 0.1) is 4.90 Å². The monoisotopic (exact) mass is 296 g/mol. The molecule has 2 unspecified atom stereocenters. The van der Waals surface area contributed by atoms with E-state index in [1.807, 2.05) is 12.1 Å². The molecule has 1 aromatic rings. The van der Waals surface area contributed by atoms with Gasteiger partial charge in [0.1, 0.15) is 0 Å². The number of rotatable bonds is 5. The van der Waals surface area contributed by atoms with Crippen LogP contribution in [0.25, 0.3) is 0 Å². The molecule has 1 aliphatic rings. The summed E-state index contributed by atoms with van der Waals surface area (Å²) in [4.78, 5) is 0.362. The van der Waals surface area contributed by atoms with Crippen molar-refractivity contribution < 1.29 is 8.42 Å². The summed E-state index contributed by atoms with van der Waals surface area (Å²) in [5.41, 5.74) is 6.81. The number of sulfone groups is 1. The Bertz CT molecular complexity index is 525. The van der Waals surface area contributed by atoms with Crippen molar-refractivity contribution in [3.63, 3.8) is 0 Å². The molecule has 1 fully saturated rings. The van der Waals surface area contributed by atoms with E-state index in [1.54, 1.807) is 12.1 Å². The average Bonchev–Trinajstić information content (AvgIpc) is 2.45. The van der Waals surface area contributed by atoms with Crippen molar-refractivity contribution in [3.05, 3.63) is 24.3 Å². The van der Waals surface area contributed by atoms with Gasteiger partial charge in [-0.25, -0.2) is 8.42 Å². The molecule has 0 saturated heterocycles. The predicted octanol–water partition coefficient (Wildman–Crippen LogP) is 2.27. The minimum Gasteiger partial charge on any atom is -0.385 e. The molecule has 0 aromatic heterocycles. The topological polar surface area (TPSA) is 72.2 Å². The molecule has 0 bridgehead atoms. The molecule has 0 aliphatic heterocycles. The lowest BCUT2D eigenvalue weighted by atomic mass is 9.79. The number of anilines is 1. The first-order valence-electron chi connectivity index (χ1n) is 7.25. The molecule has 0 amide bonds. The zero-order valence-corrected chi connectivity index (χ0v) is 12.8. The van der Waals surface area contributed by atoms with Crippen LogP contribution in [0.5, 0.6) is 0 Å². The summed E-state index contributed by atoms with van der Waals surface area (Å²) in [7, 11) is -3.11. The van der Waals surface area contributed by atoms with E-state index in [2.05, 4.69) is 5.32 Å². The van der Waals surface area contributed by atoms with Gasteiger partial charge in [0, 0.05) is 18.5 Å². The third-order valence-electron chi connectivity index (χ3n) is 4.22. The van der Waals surface area contributed by atoms with E-state index in [-0.39, 0.29) is 0 Å². The number of nitrogens with one attached hydrogen (secondary N) is 1. The largest absolute Gasteiger partial charge is 0.385 e. The van der Waals surface area contributed by atoms with Crippen LogP contribution in [0.1, 0.15) is 25.7 Å². The molecule has 3 N–H and O–H groups in total. The highest BCUT2D eigenvalue weighted by Gasteiger charge is 2.23. The minimum absolute atomic E-state index is 0.362. The highest BCUT2D eigenvalue weighted by atomic mass is 32.2. The van der Waals surface area contributed by atoms with E-state index in [0.29, 0.717) is 16.7 Å². The third-order valence-corrected chi connectivity index (χ3v) is 5.35. The van der Waals surface area contributed by atoms with Crippen LogP contribution in [0, 0.1) is 11.8 Å². The first-order valence-corrected chi connectivity index (χ1v) is 9.14. The van der Waals surface area contributed by atoms with Gasteiger partial charge in [-0.15, -0.1) is 0 Å². The van der Waals surface area contributed by atoms with E-state index in [4.69, 9.17) is 5.73 Å². The molecule has 20 heavy (non-hydrogen) atoms. The highest BCUT2D eigenvalue weighted by molar-refractivity contribution is 7.90. The zero-order valence-electron chi connectivity index (χ0n) is 12.0. The molecule has 2 atom stereocenters. The second-order valence-electron chi connectivity index (χ2n) is 5.72. The van der Waals surface area contributed by atoms with E-state index in [0.717, 1.165) is 18.8 Å². The molecule has 2 rings (SSSR count). The lowest BCUT2D eigenvalue weighted by Gasteiger charge is -2.31. The van der Waals surface area contributed by atoms with Crippen LogP contribution in [0.3, 0.4) is 0 Å². The maximum absolute atomic E-state index is 11.4. The molecule has 1 aliphatic carbocycles. The van der Waals surface area contributed by atoms with Crippen molar-refractivity contribution in [2.45, 2.75) is 30.6 Å². The SMILES string of the molecule is CS(=O)(=O)c1ccc(NCC2CCCCC2CN)cc1. The summed E-state index contributed by atoms with van der Waals surface area (Å²) >= 11 is 0. The second-order valence-corrected chi connectivity index (χ2v) is 7.73. The Morgan fingerprint density at radius 1 is 1.15 bits per heavy atom. The van der Waals surface area contributed by atoms with Crippen molar-refractivity contribution in [1.82, 2.24) is 0 Å². The van der Waals surface area contributed by atoms with Gasteiger partial charge in [0.2, 0.25) is 0 Å². The zero-order chi connectivity index (χ0) is 14.6. The Balaban J connectivity index is 1.93. The Morgan fingerprint density at radius 3 is 2.30 bits per heavy atom. The van der Waals surface area contributed by atoms with Crippen LogP contribution in [-0.2, 0) is 9.84 Å². The highest BCUT2D eigenvalue weighted by Crippen LogP contribution is 2.29. The lowest BCUT2D eigenvalue weighted by Crippen LogP contribution is -2.31. The van der Waals surface area contributed by atoms with Gasteiger partial charge in [-0.3, -0.25) is 0 Å². The lowest BCUT2D eigenvalue weighted by molar-refractivity contribution is 0.255. The fraction of sp³-hybridized carbons (Fsp3) is 0.600. The van der Waals surface area contributed by atoms with Crippen LogP contribution in [0.4, 0.5) is 5.69 Å². The summed E-state index contributed by atoms with van der Waals surface area (Å²) in [6.07, 6.45) is 6.27. The Hall–Kier alpha value is -1.07. The molecule has 0 spiro atoms. The van der Waals surface area contributed by atoms with Gasteiger partial charge in [-0.05, 0) is 55.5 Å².